The molecule has 2 aromatic rings. The average molecular weight is 331 g/mol. The molecular weight excluding hydrogens is 317 g/mol. The zero-order valence-corrected chi connectivity index (χ0v) is 13.0. The predicted molar refractivity (Wildman–Crippen MR) is 79.8 cm³/mol. The van der Waals surface area contributed by atoms with Crippen molar-refractivity contribution in [2.75, 3.05) is 0 Å². The van der Waals surface area contributed by atoms with E-state index in [-0.39, 0.29) is 18.1 Å². The molecule has 0 saturated carbocycles. The van der Waals surface area contributed by atoms with Crippen LogP contribution in [0.4, 0.5) is 9.18 Å². The molecule has 0 N–H and O–H groups in total. The molecule has 24 heavy (non-hydrogen) atoms. The Morgan fingerprint density at radius 2 is 1.96 bits per heavy atom. The van der Waals surface area contributed by atoms with E-state index in [1.54, 1.807) is 19.9 Å². The zero-order valence-electron chi connectivity index (χ0n) is 13.0. The van der Waals surface area contributed by atoms with Crippen LogP contribution in [0.15, 0.2) is 34.9 Å². The van der Waals surface area contributed by atoms with Gasteiger partial charge in [0, 0.05) is 11.6 Å². The number of nitrogens with zero attached hydrogens (tertiary/aromatic N) is 3. The standard InChI is InChI=1S/C16H14FN3O4/c1-9(2)20-15(22)14(21)19(16(20)23)7-12-8-24-13(18-12)10-4-3-5-11(17)6-10/h3-6,8-9H,7H2,1-2H3. The van der Waals surface area contributed by atoms with Crippen molar-refractivity contribution in [2.24, 2.45) is 0 Å². The summed E-state index contributed by atoms with van der Waals surface area (Å²) in [5.74, 6) is -2.03. The topological polar surface area (TPSA) is 83.7 Å². The molecule has 124 valence electrons. The van der Waals surface area contributed by atoms with Crippen LogP contribution in [0.2, 0.25) is 0 Å². The molecule has 4 amide bonds. The summed E-state index contributed by atoms with van der Waals surface area (Å²) in [6.45, 7) is 3.10. The zero-order chi connectivity index (χ0) is 17.4. The molecule has 0 aliphatic carbocycles. The average Bonchev–Trinajstić information content (AvgIpc) is 3.07. The third-order valence-electron chi connectivity index (χ3n) is 3.54. The Kier molecular flexibility index (Phi) is 3.88. The van der Waals surface area contributed by atoms with Gasteiger partial charge in [-0.25, -0.2) is 19.1 Å². The van der Waals surface area contributed by atoms with Crippen LogP contribution >= 0.6 is 0 Å². The van der Waals surface area contributed by atoms with Crippen molar-refractivity contribution < 1.29 is 23.2 Å². The summed E-state index contributed by atoms with van der Waals surface area (Å²) < 4.78 is 18.5. The maximum atomic E-state index is 13.2. The highest BCUT2D eigenvalue weighted by molar-refractivity contribution is 6.44. The maximum Gasteiger partial charge on any atom is 0.334 e. The summed E-state index contributed by atoms with van der Waals surface area (Å²) in [6.07, 6.45) is 1.27. The lowest BCUT2D eigenvalue weighted by Crippen LogP contribution is -2.37. The van der Waals surface area contributed by atoms with E-state index in [1.165, 1.54) is 24.5 Å². The van der Waals surface area contributed by atoms with Crippen molar-refractivity contribution in [1.82, 2.24) is 14.8 Å². The first-order valence-corrected chi connectivity index (χ1v) is 7.28. The second kappa shape index (κ2) is 5.88. The highest BCUT2D eigenvalue weighted by Crippen LogP contribution is 2.22. The first kappa shape index (κ1) is 15.9. The van der Waals surface area contributed by atoms with E-state index in [0.29, 0.717) is 5.56 Å². The van der Waals surface area contributed by atoms with Gasteiger partial charge in [-0.2, -0.15) is 0 Å². The Bertz CT molecular complexity index is 830. The third-order valence-corrected chi connectivity index (χ3v) is 3.54. The van der Waals surface area contributed by atoms with Crippen LogP contribution in [0.3, 0.4) is 0 Å². The van der Waals surface area contributed by atoms with E-state index in [4.69, 9.17) is 4.42 Å². The number of aromatic nitrogens is 1. The second-order valence-corrected chi connectivity index (χ2v) is 5.60. The van der Waals surface area contributed by atoms with E-state index in [2.05, 4.69) is 4.98 Å². The number of benzene rings is 1. The number of carbonyl (C=O) groups is 3. The van der Waals surface area contributed by atoms with Gasteiger partial charge in [0.1, 0.15) is 12.1 Å². The van der Waals surface area contributed by atoms with Gasteiger partial charge in [-0.3, -0.25) is 14.5 Å². The molecule has 1 fully saturated rings. The van der Waals surface area contributed by atoms with Crippen molar-refractivity contribution in [1.29, 1.82) is 0 Å². The molecule has 7 nitrogen and oxygen atoms in total. The summed E-state index contributed by atoms with van der Waals surface area (Å²) in [5.41, 5.74) is 0.717. The van der Waals surface area contributed by atoms with Gasteiger partial charge in [-0.1, -0.05) is 6.07 Å². The Morgan fingerprint density at radius 3 is 2.58 bits per heavy atom. The van der Waals surface area contributed by atoms with Gasteiger partial charge in [0.05, 0.1) is 12.2 Å². The number of rotatable bonds is 4. The number of oxazole rings is 1. The molecule has 1 aliphatic rings. The highest BCUT2D eigenvalue weighted by Gasteiger charge is 2.45. The van der Waals surface area contributed by atoms with E-state index in [0.717, 1.165) is 9.80 Å². The van der Waals surface area contributed by atoms with Gasteiger partial charge in [-0.15, -0.1) is 0 Å². The number of urea groups is 1. The summed E-state index contributed by atoms with van der Waals surface area (Å²) in [6, 6.07) is 4.58. The van der Waals surface area contributed by atoms with Crippen LogP contribution in [-0.4, -0.2) is 38.7 Å². The minimum Gasteiger partial charge on any atom is -0.444 e. The van der Waals surface area contributed by atoms with Gasteiger partial charge >= 0.3 is 17.8 Å². The molecule has 1 saturated heterocycles. The number of amides is 4. The van der Waals surface area contributed by atoms with Crippen molar-refractivity contribution in [2.45, 2.75) is 26.4 Å². The van der Waals surface area contributed by atoms with Crippen LogP contribution in [0.5, 0.6) is 0 Å². The summed E-state index contributed by atoms with van der Waals surface area (Å²) in [4.78, 5) is 41.9. The minimum atomic E-state index is -0.899. The molecule has 0 spiro atoms. The summed E-state index contributed by atoms with van der Waals surface area (Å²) >= 11 is 0. The van der Waals surface area contributed by atoms with Crippen LogP contribution in [0.25, 0.3) is 11.5 Å². The van der Waals surface area contributed by atoms with Crippen LogP contribution in [0.1, 0.15) is 19.5 Å². The van der Waals surface area contributed by atoms with E-state index in [1.807, 2.05) is 0 Å². The fourth-order valence-corrected chi connectivity index (χ4v) is 2.41. The fourth-order valence-electron chi connectivity index (χ4n) is 2.41. The monoisotopic (exact) mass is 331 g/mol. The number of hydrogen-bond donors (Lipinski definition) is 0. The van der Waals surface area contributed by atoms with E-state index < -0.39 is 29.7 Å². The van der Waals surface area contributed by atoms with Crippen molar-refractivity contribution >= 4 is 17.8 Å². The molecule has 0 atom stereocenters. The number of imide groups is 2. The molecule has 0 bridgehead atoms. The predicted octanol–water partition coefficient (Wildman–Crippen LogP) is 2.18. The first-order chi connectivity index (χ1) is 11.4. The molecule has 0 unspecified atom stereocenters. The van der Waals surface area contributed by atoms with Gasteiger partial charge < -0.3 is 4.42 Å². The molecule has 3 rings (SSSR count). The number of carbonyl (C=O) groups excluding carboxylic acids is 3. The molecule has 1 aromatic heterocycles. The first-order valence-electron chi connectivity index (χ1n) is 7.28. The highest BCUT2D eigenvalue weighted by atomic mass is 19.1. The fraction of sp³-hybridized carbons (Fsp3) is 0.250. The van der Waals surface area contributed by atoms with Gasteiger partial charge in [-0.05, 0) is 32.0 Å². The van der Waals surface area contributed by atoms with E-state index in [9.17, 15) is 18.8 Å². The Morgan fingerprint density at radius 1 is 1.21 bits per heavy atom. The third kappa shape index (κ3) is 2.66. The normalized spacial score (nSPS) is 15.1. The SMILES string of the molecule is CC(C)N1C(=O)C(=O)N(Cc2coc(-c3cccc(F)c3)n2)C1=O. The molecule has 2 heterocycles. The molecule has 0 radical (unpaired) electrons. The van der Waals surface area contributed by atoms with Crippen molar-refractivity contribution in [3.05, 3.63) is 42.0 Å². The van der Waals surface area contributed by atoms with Crippen LogP contribution < -0.4 is 0 Å². The Balaban J connectivity index is 1.81. The molecular formula is C16H14FN3O4. The summed E-state index contributed by atoms with van der Waals surface area (Å²) in [5, 5.41) is 0. The van der Waals surface area contributed by atoms with Gasteiger partial charge in [0.2, 0.25) is 5.89 Å². The van der Waals surface area contributed by atoms with Gasteiger partial charge in [0.25, 0.3) is 0 Å². The quantitative estimate of drug-likeness (QED) is 0.633. The number of hydrogen-bond acceptors (Lipinski definition) is 5. The molecule has 1 aromatic carbocycles. The summed E-state index contributed by atoms with van der Waals surface area (Å²) in [7, 11) is 0. The van der Waals surface area contributed by atoms with Gasteiger partial charge in [0.15, 0.2) is 0 Å². The smallest absolute Gasteiger partial charge is 0.334 e. The second-order valence-electron chi connectivity index (χ2n) is 5.60. The van der Waals surface area contributed by atoms with Crippen LogP contribution in [-0.2, 0) is 16.1 Å². The lowest BCUT2D eigenvalue weighted by Gasteiger charge is -2.17. The Hall–Kier alpha value is -3.03. The van der Waals surface area contributed by atoms with E-state index >= 15 is 0 Å². The minimum absolute atomic E-state index is 0.163. The maximum absolute atomic E-state index is 13.2. The lowest BCUT2D eigenvalue weighted by atomic mass is 10.2. The van der Waals surface area contributed by atoms with Crippen molar-refractivity contribution in [3.63, 3.8) is 0 Å². The largest absolute Gasteiger partial charge is 0.444 e. The lowest BCUT2D eigenvalue weighted by molar-refractivity contribution is -0.144. The van der Waals surface area contributed by atoms with Crippen molar-refractivity contribution in [3.8, 4) is 11.5 Å². The molecule has 1 aliphatic heterocycles. The van der Waals surface area contributed by atoms with Crippen LogP contribution in [0, 0.1) is 5.82 Å². The number of halogens is 1. The molecule has 8 heteroatoms. The Labute approximate surface area is 136 Å².